The fourth-order valence-corrected chi connectivity index (χ4v) is 3.69. The number of hydrogen-bond acceptors (Lipinski definition) is 6. The number of benzene rings is 3. The number of para-hydroxylation sites is 1. The predicted molar refractivity (Wildman–Crippen MR) is 121 cm³/mol. The third-order valence-corrected chi connectivity index (χ3v) is 5.41. The maximum absolute atomic E-state index is 13.4. The summed E-state index contributed by atoms with van der Waals surface area (Å²) in [6, 6.07) is 21.7. The first-order valence-electron chi connectivity index (χ1n) is 10.6. The number of rotatable bonds is 6. The molecule has 0 radical (unpaired) electrons. The fraction of sp³-hybridized carbons (Fsp3) is 0.231. The monoisotopic (exact) mass is 447 g/mol. The van der Waals surface area contributed by atoms with Gasteiger partial charge in [-0.15, -0.1) is 0 Å². The van der Waals surface area contributed by atoms with E-state index in [0.717, 1.165) is 5.56 Å². The smallest absolute Gasteiger partial charge is 0.413 e. The lowest BCUT2D eigenvalue weighted by atomic mass is 10.0. The molecule has 1 N–H and O–H groups in total. The van der Waals surface area contributed by atoms with Gasteiger partial charge in [-0.1, -0.05) is 48.5 Å². The second kappa shape index (κ2) is 9.34. The summed E-state index contributed by atoms with van der Waals surface area (Å²) in [5.74, 6) is 0.227. The summed E-state index contributed by atoms with van der Waals surface area (Å²) in [5, 5.41) is 10.2. The Morgan fingerprint density at radius 3 is 2.39 bits per heavy atom. The van der Waals surface area contributed by atoms with E-state index >= 15 is 0 Å². The quantitative estimate of drug-likeness (QED) is 0.527. The molecule has 1 saturated heterocycles. The number of amides is 1. The van der Waals surface area contributed by atoms with Crippen molar-refractivity contribution >= 4 is 11.9 Å². The van der Waals surface area contributed by atoms with Gasteiger partial charge >= 0.3 is 6.09 Å². The molecule has 1 fully saturated rings. The van der Waals surface area contributed by atoms with Gasteiger partial charge in [0, 0.05) is 5.56 Å². The highest BCUT2D eigenvalue weighted by Crippen LogP contribution is 2.34. The minimum absolute atomic E-state index is 0.0298. The molecule has 7 nitrogen and oxygen atoms in total. The van der Waals surface area contributed by atoms with Gasteiger partial charge in [-0.3, -0.25) is 9.69 Å². The first kappa shape index (κ1) is 22.4. The van der Waals surface area contributed by atoms with Crippen molar-refractivity contribution in [2.24, 2.45) is 0 Å². The zero-order chi connectivity index (χ0) is 23.4. The van der Waals surface area contributed by atoms with Crippen molar-refractivity contribution in [3.63, 3.8) is 0 Å². The van der Waals surface area contributed by atoms with Crippen LogP contribution in [0, 0.1) is 0 Å². The molecule has 3 aromatic carbocycles. The van der Waals surface area contributed by atoms with Gasteiger partial charge in [-0.25, -0.2) is 4.79 Å². The molecule has 1 aliphatic rings. The van der Waals surface area contributed by atoms with Gasteiger partial charge in [0.1, 0.15) is 24.1 Å². The Kier molecular flexibility index (Phi) is 6.33. The first-order valence-corrected chi connectivity index (χ1v) is 10.6. The molecule has 0 aliphatic carbocycles. The van der Waals surface area contributed by atoms with E-state index in [1.807, 2.05) is 36.4 Å². The van der Waals surface area contributed by atoms with Gasteiger partial charge in [0.25, 0.3) is 0 Å². The summed E-state index contributed by atoms with van der Waals surface area (Å²) in [7, 11) is 0. The minimum atomic E-state index is -1.02. The molecular formula is C26H25NO6. The summed E-state index contributed by atoms with van der Waals surface area (Å²) in [4.78, 5) is 27.6. The molecule has 1 heterocycles. The second-order valence-corrected chi connectivity index (χ2v) is 8.15. The summed E-state index contributed by atoms with van der Waals surface area (Å²) >= 11 is 0. The summed E-state index contributed by atoms with van der Waals surface area (Å²) in [5.41, 5.74) is 0.104. The lowest BCUT2D eigenvalue weighted by Crippen LogP contribution is -2.50. The van der Waals surface area contributed by atoms with E-state index in [4.69, 9.17) is 14.2 Å². The van der Waals surface area contributed by atoms with Crippen LogP contribution in [0.4, 0.5) is 4.79 Å². The highest BCUT2D eigenvalue weighted by Gasteiger charge is 2.48. The lowest BCUT2D eigenvalue weighted by molar-refractivity contribution is -0.0484. The van der Waals surface area contributed by atoms with E-state index in [0.29, 0.717) is 5.75 Å². The SMILES string of the molecule is CC1(C)OC[C@H](C(=O)c2ccc(O)c(Oc3ccccc3)c2)N1C(=O)OCc1ccccc1. The molecule has 7 heteroatoms. The third kappa shape index (κ3) is 4.99. The number of carbonyl (C=O) groups excluding carboxylic acids is 2. The second-order valence-electron chi connectivity index (χ2n) is 8.15. The topological polar surface area (TPSA) is 85.3 Å². The van der Waals surface area contributed by atoms with Gasteiger partial charge in [0.05, 0.1) is 6.61 Å². The van der Waals surface area contributed by atoms with E-state index in [9.17, 15) is 14.7 Å². The maximum atomic E-state index is 13.4. The molecule has 0 bridgehead atoms. The molecule has 0 unspecified atom stereocenters. The van der Waals surface area contributed by atoms with Crippen LogP contribution in [0.5, 0.6) is 17.2 Å². The van der Waals surface area contributed by atoms with Crippen LogP contribution in [-0.4, -0.2) is 40.3 Å². The Bertz CT molecular complexity index is 1130. The van der Waals surface area contributed by atoms with Crippen LogP contribution in [-0.2, 0) is 16.1 Å². The number of Topliss-reactive ketones (excluding diaryl/α,β-unsaturated/α-hetero) is 1. The maximum Gasteiger partial charge on any atom is 0.413 e. The van der Waals surface area contributed by atoms with Gasteiger partial charge in [-0.2, -0.15) is 0 Å². The molecule has 33 heavy (non-hydrogen) atoms. The first-order chi connectivity index (χ1) is 15.8. The van der Waals surface area contributed by atoms with E-state index in [1.165, 1.54) is 23.1 Å². The summed E-state index contributed by atoms with van der Waals surface area (Å²) in [6.07, 6.45) is -0.640. The fourth-order valence-electron chi connectivity index (χ4n) is 3.69. The zero-order valence-corrected chi connectivity index (χ0v) is 18.4. The van der Waals surface area contributed by atoms with Gasteiger partial charge in [0.2, 0.25) is 0 Å². The largest absolute Gasteiger partial charge is 0.504 e. The lowest BCUT2D eigenvalue weighted by Gasteiger charge is -2.32. The Balaban J connectivity index is 1.53. The van der Waals surface area contributed by atoms with Crippen molar-refractivity contribution in [2.45, 2.75) is 32.2 Å². The molecule has 0 saturated carbocycles. The van der Waals surface area contributed by atoms with Crippen molar-refractivity contribution in [1.82, 2.24) is 4.90 Å². The molecule has 170 valence electrons. The normalized spacial score (nSPS) is 16.9. The van der Waals surface area contributed by atoms with Crippen LogP contribution in [0.25, 0.3) is 0 Å². The number of nitrogens with zero attached hydrogens (tertiary/aromatic N) is 1. The van der Waals surface area contributed by atoms with Gasteiger partial charge < -0.3 is 19.3 Å². The number of phenolic OH excluding ortho intramolecular Hbond substituents is 1. The van der Waals surface area contributed by atoms with Crippen molar-refractivity contribution in [3.05, 3.63) is 90.0 Å². The molecule has 0 spiro atoms. The highest BCUT2D eigenvalue weighted by molar-refractivity contribution is 6.02. The molecule has 1 aliphatic heterocycles. The molecule has 4 rings (SSSR count). The van der Waals surface area contributed by atoms with Crippen molar-refractivity contribution < 1.29 is 28.9 Å². The molecule has 0 aromatic heterocycles. The Hall–Kier alpha value is -3.84. The minimum Gasteiger partial charge on any atom is -0.504 e. The molecule has 1 amide bonds. The predicted octanol–water partition coefficient (Wildman–Crippen LogP) is 5.14. The van der Waals surface area contributed by atoms with E-state index in [1.54, 1.807) is 38.1 Å². The van der Waals surface area contributed by atoms with Crippen LogP contribution >= 0.6 is 0 Å². The molecule has 3 aromatic rings. The Labute approximate surface area is 192 Å². The van der Waals surface area contributed by atoms with Crippen LogP contribution < -0.4 is 4.74 Å². The number of ketones is 1. The zero-order valence-electron chi connectivity index (χ0n) is 18.4. The molecule has 1 atom stereocenters. The highest BCUT2D eigenvalue weighted by atomic mass is 16.6. The summed E-state index contributed by atoms with van der Waals surface area (Å²) < 4.78 is 17.0. The number of aromatic hydroxyl groups is 1. The van der Waals surface area contributed by atoms with Crippen molar-refractivity contribution in [3.8, 4) is 17.2 Å². The van der Waals surface area contributed by atoms with Crippen molar-refractivity contribution in [1.29, 1.82) is 0 Å². The summed E-state index contributed by atoms with van der Waals surface area (Å²) in [6.45, 7) is 3.54. The Morgan fingerprint density at radius 1 is 1.03 bits per heavy atom. The van der Waals surface area contributed by atoms with E-state index in [-0.39, 0.29) is 36.1 Å². The van der Waals surface area contributed by atoms with Gasteiger partial charge in [0.15, 0.2) is 17.3 Å². The van der Waals surface area contributed by atoms with Crippen LogP contribution in [0.1, 0.15) is 29.8 Å². The number of hydrogen-bond donors (Lipinski definition) is 1. The van der Waals surface area contributed by atoms with Crippen LogP contribution in [0.2, 0.25) is 0 Å². The van der Waals surface area contributed by atoms with Gasteiger partial charge in [-0.05, 0) is 49.7 Å². The standard InChI is InChI=1S/C26H25NO6/c1-26(2)27(25(30)31-16-18-9-5-3-6-10-18)21(17-32-26)24(29)19-13-14-22(28)23(15-19)33-20-11-7-4-8-12-20/h3-15,21,28H,16-17H2,1-2H3/t21-/m1/s1. The van der Waals surface area contributed by atoms with Crippen molar-refractivity contribution in [2.75, 3.05) is 6.61 Å². The average Bonchev–Trinajstić information content (AvgIpc) is 3.14. The third-order valence-electron chi connectivity index (χ3n) is 5.41. The van der Waals surface area contributed by atoms with Crippen LogP contribution in [0.15, 0.2) is 78.9 Å². The van der Waals surface area contributed by atoms with E-state index < -0.39 is 17.9 Å². The Morgan fingerprint density at radius 2 is 1.70 bits per heavy atom. The number of carbonyl (C=O) groups is 2. The molecular weight excluding hydrogens is 422 g/mol. The van der Waals surface area contributed by atoms with Crippen LogP contribution in [0.3, 0.4) is 0 Å². The number of ether oxygens (including phenoxy) is 3. The number of phenols is 1. The average molecular weight is 447 g/mol. The van der Waals surface area contributed by atoms with E-state index in [2.05, 4.69) is 0 Å².